The molecule has 6 heteroatoms. The van der Waals surface area contributed by atoms with Crippen molar-refractivity contribution in [1.82, 2.24) is 10.0 Å². The first-order chi connectivity index (χ1) is 8.66. The summed E-state index contributed by atoms with van der Waals surface area (Å²) in [5, 5.41) is 3.30. The lowest BCUT2D eigenvalue weighted by atomic mass is 10.3. The predicted molar refractivity (Wildman–Crippen MR) is 69.8 cm³/mol. The van der Waals surface area contributed by atoms with Gasteiger partial charge in [0.2, 0.25) is 10.0 Å². The summed E-state index contributed by atoms with van der Waals surface area (Å²) in [5.41, 5.74) is 0. The van der Waals surface area contributed by atoms with Crippen molar-refractivity contribution in [3.05, 3.63) is 24.2 Å². The fourth-order valence-electron chi connectivity index (χ4n) is 1.71. The molecule has 2 rings (SSSR count). The number of nitrogens with one attached hydrogen (secondary N) is 2. The molecule has 102 valence electrons. The van der Waals surface area contributed by atoms with Crippen LogP contribution in [-0.2, 0) is 16.4 Å². The molecular formula is C12H20N2O3S. The minimum absolute atomic E-state index is 0.185. The van der Waals surface area contributed by atoms with Gasteiger partial charge in [0.1, 0.15) is 5.76 Å². The van der Waals surface area contributed by atoms with Crippen LogP contribution in [0.25, 0.3) is 0 Å². The summed E-state index contributed by atoms with van der Waals surface area (Å²) >= 11 is 0. The molecule has 0 atom stereocenters. The zero-order valence-corrected chi connectivity index (χ0v) is 11.2. The Balaban J connectivity index is 1.57. The molecule has 0 spiro atoms. The van der Waals surface area contributed by atoms with Crippen LogP contribution in [0.15, 0.2) is 22.8 Å². The fraction of sp³-hybridized carbons (Fsp3) is 0.667. The molecule has 5 nitrogen and oxygen atoms in total. The van der Waals surface area contributed by atoms with Gasteiger partial charge in [0.15, 0.2) is 0 Å². The molecule has 0 aromatic carbocycles. The van der Waals surface area contributed by atoms with Crippen LogP contribution in [0, 0.1) is 0 Å². The Kier molecular flexibility index (Phi) is 4.79. The first-order valence-electron chi connectivity index (χ1n) is 6.39. The molecule has 0 unspecified atom stereocenters. The van der Waals surface area contributed by atoms with Crippen molar-refractivity contribution in [3.63, 3.8) is 0 Å². The van der Waals surface area contributed by atoms with Crippen molar-refractivity contribution < 1.29 is 12.8 Å². The van der Waals surface area contributed by atoms with Crippen molar-refractivity contribution in [1.29, 1.82) is 0 Å². The maximum atomic E-state index is 11.6. The molecule has 1 fully saturated rings. The van der Waals surface area contributed by atoms with Crippen molar-refractivity contribution in [2.45, 2.75) is 31.7 Å². The van der Waals surface area contributed by atoms with E-state index in [2.05, 4.69) is 10.0 Å². The third-order valence-corrected chi connectivity index (χ3v) is 4.34. The van der Waals surface area contributed by atoms with Gasteiger partial charge in [-0.05, 0) is 37.9 Å². The van der Waals surface area contributed by atoms with Crippen LogP contribution in [-0.4, -0.2) is 33.3 Å². The Hall–Kier alpha value is -0.850. The number of hydrogen-bond acceptors (Lipinski definition) is 4. The maximum Gasteiger partial charge on any atom is 0.211 e. The van der Waals surface area contributed by atoms with Gasteiger partial charge < -0.3 is 9.73 Å². The lowest BCUT2D eigenvalue weighted by Crippen LogP contribution is -2.30. The highest BCUT2D eigenvalue weighted by atomic mass is 32.2. The van der Waals surface area contributed by atoms with Crippen LogP contribution in [0.4, 0.5) is 0 Å². The Labute approximate surface area is 108 Å². The smallest absolute Gasteiger partial charge is 0.211 e. The molecule has 1 heterocycles. The topological polar surface area (TPSA) is 71.3 Å². The van der Waals surface area contributed by atoms with E-state index in [9.17, 15) is 8.42 Å². The van der Waals surface area contributed by atoms with E-state index in [0.29, 0.717) is 25.4 Å². The summed E-state index contributed by atoms with van der Waals surface area (Å²) in [7, 11) is -3.14. The molecule has 0 radical (unpaired) electrons. The van der Waals surface area contributed by atoms with Gasteiger partial charge in [0.25, 0.3) is 0 Å². The second-order valence-corrected chi connectivity index (χ2v) is 6.55. The van der Waals surface area contributed by atoms with Gasteiger partial charge in [-0.3, -0.25) is 0 Å². The summed E-state index contributed by atoms with van der Waals surface area (Å²) in [6, 6.07) is 4.28. The third kappa shape index (κ3) is 5.20. The van der Waals surface area contributed by atoms with Crippen LogP contribution >= 0.6 is 0 Å². The van der Waals surface area contributed by atoms with Crippen LogP contribution < -0.4 is 10.0 Å². The highest BCUT2D eigenvalue weighted by Crippen LogP contribution is 2.18. The molecule has 1 aromatic rings. The van der Waals surface area contributed by atoms with E-state index in [1.807, 2.05) is 6.07 Å². The largest absolute Gasteiger partial charge is 0.469 e. The molecule has 0 amide bonds. The van der Waals surface area contributed by atoms with Crippen molar-refractivity contribution in [2.24, 2.45) is 0 Å². The Morgan fingerprint density at radius 1 is 1.33 bits per heavy atom. The summed E-state index contributed by atoms with van der Waals surface area (Å²) in [6.45, 7) is 1.18. The van der Waals surface area contributed by atoms with Gasteiger partial charge in [-0.1, -0.05) is 0 Å². The first-order valence-corrected chi connectivity index (χ1v) is 8.04. The molecule has 18 heavy (non-hydrogen) atoms. The minimum atomic E-state index is -3.14. The maximum absolute atomic E-state index is 11.6. The first kappa shape index (κ1) is 13.6. The molecule has 2 N–H and O–H groups in total. The van der Waals surface area contributed by atoms with E-state index in [1.54, 1.807) is 12.3 Å². The van der Waals surface area contributed by atoms with Crippen LogP contribution in [0.5, 0.6) is 0 Å². The highest BCUT2D eigenvalue weighted by Gasteiger charge is 2.20. The van der Waals surface area contributed by atoms with Gasteiger partial charge in [0, 0.05) is 19.0 Å². The average molecular weight is 272 g/mol. The Morgan fingerprint density at radius 2 is 2.17 bits per heavy atom. The predicted octanol–water partition coefficient (Wildman–Crippen LogP) is 0.884. The van der Waals surface area contributed by atoms with E-state index < -0.39 is 10.0 Å². The van der Waals surface area contributed by atoms with Crippen LogP contribution in [0.2, 0.25) is 0 Å². The van der Waals surface area contributed by atoms with Gasteiger partial charge in [0.05, 0.1) is 12.0 Å². The third-order valence-electron chi connectivity index (χ3n) is 2.87. The molecular weight excluding hydrogens is 252 g/mol. The monoisotopic (exact) mass is 272 g/mol. The van der Waals surface area contributed by atoms with Gasteiger partial charge in [-0.2, -0.15) is 0 Å². The van der Waals surface area contributed by atoms with Crippen molar-refractivity contribution in [2.75, 3.05) is 18.8 Å². The van der Waals surface area contributed by atoms with Crippen molar-refractivity contribution >= 4 is 10.0 Å². The summed E-state index contributed by atoms with van der Waals surface area (Å²) < 4.78 is 31.0. The van der Waals surface area contributed by atoms with E-state index in [1.165, 1.54) is 12.8 Å². The number of rotatable bonds is 9. The molecule has 1 saturated carbocycles. The average Bonchev–Trinajstić information content (AvgIpc) is 3.01. The second-order valence-electron chi connectivity index (χ2n) is 4.62. The number of furan rings is 1. The molecule has 0 bridgehead atoms. The van der Waals surface area contributed by atoms with E-state index in [0.717, 1.165) is 12.3 Å². The SMILES string of the molecule is O=S(=O)(CCCNC1CC1)NCCc1ccco1. The molecule has 1 aromatic heterocycles. The number of sulfonamides is 1. The lowest BCUT2D eigenvalue weighted by molar-refractivity contribution is 0.505. The number of hydrogen-bond donors (Lipinski definition) is 2. The minimum Gasteiger partial charge on any atom is -0.469 e. The molecule has 1 aliphatic rings. The Bertz CT molecular complexity index is 438. The van der Waals surface area contributed by atoms with Gasteiger partial charge in [-0.25, -0.2) is 13.1 Å². The zero-order chi connectivity index (χ0) is 12.8. The summed E-state index contributed by atoms with van der Waals surface area (Å²) in [4.78, 5) is 0. The van der Waals surface area contributed by atoms with Crippen LogP contribution in [0.1, 0.15) is 25.0 Å². The lowest BCUT2D eigenvalue weighted by Gasteiger charge is -2.06. The summed E-state index contributed by atoms with van der Waals surface area (Å²) in [5.74, 6) is 0.985. The fourth-order valence-corrected chi connectivity index (χ4v) is 2.79. The van der Waals surface area contributed by atoms with Crippen molar-refractivity contribution in [3.8, 4) is 0 Å². The normalized spacial score (nSPS) is 16.0. The van der Waals surface area contributed by atoms with E-state index >= 15 is 0 Å². The molecule has 0 saturated heterocycles. The Morgan fingerprint density at radius 3 is 2.83 bits per heavy atom. The quantitative estimate of drug-likeness (QED) is 0.655. The second kappa shape index (κ2) is 6.36. The van der Waals surface area contributed by atoms with Gasteiger partial charge in [-0.15, -0.1) is 0 Å². The van der Waals surface area contributed by atoms with Gasteiger partial charge >= 0.3 is 0 Å². The van der Waals surface area contributed by atoms with Crippen LogP contribution in [0.3, 0.4) is 0 Å². The molecule has 1 aliphatic carbocycles. The van der Waals surface area contributed by atoms with E-state index in [-0.39, 0.29) is 5.75 Å². The zero-order valence-electron chi connectivity index (χ0n) is 10.4. The van der Waals surface area contributed by atoms with E-state index in [4.69, 9.17) is 4.42 Å². The molecule has 0 aliphatic heterocycles. The summed E-state index contributed by atoms with van der Waals surface area (Å²) in [6.07, 6.45) is 5.30. The standard InChI is InChI=1S/C12H20N2O3S/c15-18(16,10-2-7-13-11-4-5-11)14-8-6-12-3-1-9-17-12/h1,3,9,11,13-14H,2,4-8,10H2. The highest BCUT2D eigenvalue weighted by molar-refractivity contribution is 7.89.